The summed E-state index contributed by atoms with van der Waals surface area (Å²) >= 11 is 0. The van der Waals surface area contributed by atoms with E-state index in [1.165, 1.54) is 0 Å². The second-order valence-corrected chi connectivity index (χ2v) is 6.51. The molecule has 6 heteroatoms. The highest BCUT2D eigenvalue weighted by molar-refractivity contribution is 7.89. The van der Waals surface area contributed by atoms with Crippen LogP contribution in [0.15, 0.2) is 0 Å². The van der Waals surface area contributed by atoms with Crippen molar-refractivity contribution in [3.63, 3.8) is 0 Å². The summed E-state index contributed by atoms with van der Waals surface area (Å²) in [6, 6.07) is 0.00142. The maximum absolute atomic E-state index is 11.7. The van der Waals surface area contributed by atoms with Crippen LogP contribution in [0, 0.1) is 0 Å². The highest BCUT2D eigenvalue weighted by Gasteiger charge is 2.13. The van der Waals surface area contributed by atoms with Crippen molar-refractivity contribution in [1.29, 1.82) is 0 Å². The smallest absolute Gasteiger partial charge is 0.211 e. The number of hydrogen-bond donors (Lipinski definition) is 2. The van der Waals surface area contributed by atoms with Crippen LogP contribution in [-0.4, -0.2) is 58.8 Å². The molecule has 104 valence electrons. The molecule has 1 unspecified atom stereocenters. The quantitative estimate of drug-likeness (QED) is 0.556. The minimum Gasteiger partial charge on any atom is -0.317 e. The van der Waals surface area contributed by atoms with Gasteiger partial charge in [0.2, 0.25) is 10.0 Å². The first-order valence-corrected chi connectivity index (χ1v) is 7.88. The lowest BCUT2D eigenvalue weighted by Crippen LogP contribution is -2.36. The van der Waals surface area contributed by atoms with Gasteiger partial charge in [-0.1, -0.05) is 6.92 Å². The fraction of sp³-hybridized carbons (Fsp3) is 1.00. The third-order valence-electron chi connectivity index (χ3n) is 2.41. The van der Waals surface area contributed by atoms with Crippen LogP contribution in [0.1, 0.15) is 26.7 Å². The summed E-state index contributed by atoms with van der Waals surface area (Å²) in [4.78, 5) is 2.05. The van der Waals surface area contributed by atoms with E-state index in [1.54, 1.807) is 0 Å². The van der Waals surface area contributed by atoms with Crippen LogP contribution in [0.4, 0.5) is 0 Å². The summed E-state index contributed by atoms with van der Waals surface area (Å²) in [5.41, 5.74) is 0. The summed E-state index contributed by atoms with van der Waals surface area (Å²) < 4.78 is 26.1. The Bertz CT molecular complexity index is 278. The molecule has 0 aliphatic rings. The van der Waals surface area contributed by atoms with Crippen molar-refractivity contribution >= 4 is 10.0 Å². The Kier molecular flexibility index (Phi) is 8.77. The number of rotatable bonds is 10. The lowest BCUT2D eigenvalue weighted by atomic mass is 10.2. The van der Waals surface area contributed by atoms with E-state index in [-0.39, 0.29) is 11.8 Å². The molecule has 0 amide bonds. The van der Waals surface area contributed by atoms with E-state index in [0.717, 1.165) is 26.1 Å². The average Bonchev–Trinajstić information content (AvgIpc) is 2.21. The van der Waals surface area contributed by atoms with Crippen molar-refractivity contribution < 1.29 is 8.42 Å². The Labute approximate surface area is 106 Å². The molecule has 0 aliphatic carbocycles. The Hall–Kier alpha value is -0.170. The van der Waals surface area contributed by atoms with Crippen molar-refractivity contribution in [2.75, 3.05) is 39.5 Å². The highest BCUT2D eigenvalue weighted by Crippen LogP contribution is 1.97. The predicted octanol–water partition coefficient (Wildman–Crippen LogP) is 0.246. The van der Waals surface area contributed by atoms with E-state index in [4.69, 9.17) is 0 Å². The Morgan fingerprint density at radius 2 is 1.94 bits per heavy atom. The Morgan fingerprint density at radius 1 is 1.29 bits per heavy atom. The molecule has 0 spiro atoms. The van der Waals surface area contributed by atoms with E-state index in [9.17, 15) is 8.42 Å². The van der Waals surface area contributed by atoms with Crippen molar-refractivity contribution in [2.24, 2.45) is 0 Å². The maximum atomic E-state index is 11.7. The molecule has 0 fully saturated rings. The summed E-state index contributed by atoms with van der Waals surface area (Å²) in [6.07, 6.45) is 1.49. The van der Waals surface area contributed by atoms with Gasteiger partial charge in [-0.2, -0.15) is 0 Å². The highest BCUT2D eigenvalue weighted by atomic mass is 32.2. The zero-order valence-electron chi connectivity index (χ0n) is 11.5. The lowest BCUT2D eigenvalue weighted by Gasteiger charge is -2.16. The zero-order chi connectivity index (χ0) is 13.3. The topological polar surface area (TPSA) is 61.4 Å². The largest absolute Gasteiger partial charge is 0.317 e. The van der Waals surface area contributed by atoms with E-state index in [2.05, 4.69) is 14.9 Å². The first-order valence-electron chi connectivity index (χ1n) is 6.23. The molecular weight excluding hydrogens is 238 g/mol. The van der Waals surface area contributed by atoms with Gasteiger partial charge in [0, 0.05) is 6.04 Å². The standard InChI is InChI=1S/C11H27N3O2S/c1-5-12-8-6-10-17(15,16)13-11(2)7-9-14(3)4/h11-13H,5-10H2,1-4H3. The van der Waals surface area contributed by atoms with Gasteiger partial charge in [0.1, 0.15) is 0 Å². The van der Waals surface area contributed by atoms with Crippen molar-refractivity contribution in [1.82, 2.24) is 14.9 Å². The van der Waals surface area contributed by atoms with Crippen LogP contribution < -0.4 is 10.0 Å². The van der Waals surface area contributed by atoms with Gasteiger partial charge < -0.3 is 10.2 Å². The minimum absolute atomic E-state index is 0.00142. The normalized spacial score (nSPS) is 14.2. The van der Waals surface area contributed by atoms with Crippen molar-refractivity contribution in [3.8, 4) is 0 Å². The molecule has 0 bridgehead atoms. The second-order valence-electron chi connectivity index (χ2n) is 4.64. The molecule has 0 rings (SSSR count). The van der Waals surface area contributed by atoms with Gasteiger partial charge in [0.05, 0.1) is 5.75 Å². The number of hydrogen-bond acceptors (Lipinski definition) is 4. The molecule has 1 atom stereocenters. The molecule has 0 aromatic rings. The summed E-state index contributed by atoms with van der Waals surface area (Å²) in [5, 5.41) is 3.12. The van der Waals surface area contributed by atoms with Crippen LogP contribution in [0.5, 0.6) is 0 Å². The zero-order valence-corrected chi connectivity index (χ0v) is 12.3. The number of nitrogens with zero attached hydrogens (tertiary/aromatic N) is 1. The van der Waals surface area contributed by atoms with Gasteiger partial charge in [-0.15, -0.1) is 0 Å². The molecule has 0 aliphatic heterocycles. The molecule has 0 saturated carbocycles. The van der Waals surface area contributed by atoms with Crippen LogP contribution in [0.25, 0.3) is 0 Å². The second kappa shape index (κ2) is 8.85. The van der Waals surface area contributed by atoms with Gasteiger partial charge in [0.25, 0.3) is 0 Å². The number of nitrogens with one attached hydrogen (secondary N) is 2. The van der Waals surface area contributed by atoms with Crippen LogP contribution in [0.2, 0.25) is 0 Å². The van der Waals surface area contributed by atoms with Gasteiger partial charge in [0.15, 0.2) is 0 Å². The SMILES string of the molecule is CCNCCCS(=O)(=O)NC(C)CCN(C)C. The fourth-order valence-corrected chi connectivity index (χ4v) is 2.81. The Morgan fingerprint density at radius 3 is 2.47 bits per heavy atom. The summed E-state index contributed by atoms with van der Waals surface area (Å²) in [6.45, 7) is 6.44. The molecule has 17 heavy (non-hydrogen) atoms. The molecule has 0 saturated heterocycles. The van der Waals surface area contributed by atoms with E-state index in [1.807, 2.05) is 27.9 Å². The van der Waals surface area contributed by atoms with Crippen LogP contribution in [-0.2, 0) is 10.0 Å². The molecule has 2 N–H and O–H groups in total. The van der Waals surface area contributed by atoms with E-state index in [0.29, 0.717) is 6.42 Å². The third-order valence-corrected chi connectivity index (χ3v) is 3.99. The number of sulfonamides is 1. The summed E-state index contributed by atoms with van der Waals surface area (Å²) in [5.74, 6) is 0.201. The maximum Gasteiger partial charge on any atom is 0.211 e. The molecule has 0 heterocycles. The fourth-order valence-electron chi connectivity index (χ4n) is 1.44. The molecular formula is C11H27N3O2S. The van der Waals surface area contributed by atoms with Crippen molar-refractivity contribution in [2.45, 2.75) is 32.7 Å². The monoisotopic (exact) mass is 265 g/mol. The average molecular weight is 265 g/mol. The van der Waals surface area contributed by atoms with Gasteiger partial charge in [-0.05, 0) is 53.5 Å². The van der Waals surface area contributed by atoms with E-state index >= 15 is 0 Å². The van der Waals surface area contributed by atoms with Crippen LogP contribution >= 0.6 is 0 Å². The first kappa shape index (κ1) is 16.8. The minimum atomic E-state index is -3.12. The van der Waals surface area contributed by atoms with Gasteiger partial charge in [-0.25, -0.2) is 13.1 Å². The molecule has 0 aromatic heterocycles. The third kappa shape index (κ3) is 10.7. The molecule has 0 aromatic carbocycles. The lowest BCUT2D eigenvalue weighted by molar-refractivity contribution is 0.379. The van der Waals surface area contributed by atoms with Gasteiger partial charge >= 0.3 is 0 Å². The predicted molar refractivity (Wildman–Crippen MR) is 72.7 cm³/mol. The summed E-state index contributed by atoms with van der Waals surface area (Å²) in [7, 11) is 0.850. The molecule has 0 radical (unpaired) electrons. The first-order chi connectivity index (χ1) is 7.87. The van der Waals surface area contributed by atoms with Crippen LogP contribution in [0.3, 0.4) is 0 Å². The van der Waals surface area contributed by atoms with E-state index < -0.39 is 10.0 Å². The van der Waals surface area contributed by atoms with Crippen molar-refractivity contribution in [3.05, 3.63) is 0 Å². The Balaban J connectivity index is 3.82. The van der Waals surface area contributed by atoms with Gasteiger partial charge in [-0.3, -0.25) is 0 Å². The molecule has 5 nitrogen and oxygen atoms in total.